The Morgan fingerprint density at radius 3 is 2.52 bits per heavy atom. The number of amides is 2. The van der Waals surface area contributed by atoms with Crippen LogP contribution >= 0.6 is 11.3 Å². The molecule has 1 atom stereocenters. The lowest BCUT2D eigenvalue weighted by molar-refractivity contribution is -0.192. The number of likely N-dealkylation sites (N-methyl/N-ethyl adjacent to an activating group) is 1. The minimum Gasteiger partial charge on any atom is -0.475 e. The summed E-state index contributed by atoms with van der Waals surface area (Å²) in [6, 6.07) is 3.67. The van der Waals surface area contributed by atoms with Crippen LogP contribution in [0.15, 0.2) is 39.8 Å². The van der Waals surface area contributed by atoms with E-state index in [9.17, 15) is 22.8 Å². The molecule has 2 aromatic heterocycles. The zero-order chi connectivity index (χ0) is 22.8. The molecule has 0 bridgehead atoms. The van der Waals surface area contributed by atoms with Gasteiger partial charge in [0.1, 0.15) is 6.26 Å². The van der Waals surface area contributed by atoms with Crippen molar-refractivity contribution in [3.8, 4) is 0 Å². The number of hydrogen-bond donors (Lipinski definition) is 1. The third-order valence-corrected chi connectivity index (χ3v) is 6.05. The first-order valence-electron chi connectivity index (χ1n) is 9.19. The van der Waals surface area contributed by atoms with E-state index in [2.05, 4.69) is 4.90 Å². The molecular formula is C19H20F3N3O5S. The third kappa shape index (κ3) is 4.90. The second-order valence-electron chi connectivity index (χ2n) is 7.33. The number of likely N-dealkylation sites (tertiary alicyclic amines) is 1. The number of thiophene rings is 1. The predicted molar refractivity (Wildman–Crippen MR) is 105 cm³/mol. The van der Waals surface area contributed by atoms with E-state index < -0.39 is 12.1 Å². The van der Waals surface area contributed by atoms with Crippen LogP contribution in [0.25, 0.3) is 0 Å². The highest BCUT2D eigenvalue weighted by Crippen LogP contribution is 2.34. The molecule has 2 aromatic rings. The molecule has 2 saturated heterocycles. The Hall–Kier alpha value is -2.86. The zero-order valence-electron chi connectivity index (χ0n) is 16.5. The van der Waals surface area contributed by atoms with Crippen molar-refractivity contribution in [2.24, 2.45) is 0 Å². The lowest BCUT2D eigenvalue weighted by Gasteiger charge is -2.46. The number of aliphatic carboxylic acids is 1. The van der Waals surface area contributed by atoms with E-state index in [0.717, 1.165) is 12.1 Å². The van der Waals surface area contributed by atoms with Gasteiger partial charge in [0.2, 0.25) is 5.91 Å². The van der Waals surface area contributed by atoms with Crippen LogP contribution in [0.1, 0.15) is 16.8 Å². The average Bonchev–Trinajstić information content (AvgIpc) is 3.47. The summed E-state index contributed by atoms with van der Waals surface area (Å²) in [6.45, 7) is 2.32. The maximum Gasteiger partial charge on any atom is 0.490 e. The number of carbonyl (C=O) groups excluding carboxylic acids is 2. The molecule has 0 aliphatic carbocycles. The maximum absolute atomic E-state index is 12.6. The van der Waals surface area contributed by atoms with E-state index >= 15 is 0 Å². The fraction of sp³-hybridized carbons (Fsp3) is 0.421. The molecule has 1 N–H and O–H groups in total. The number of hydrogen-bond acceptors (Lipinski definition) is 6. The Morgan fingerprint density at radius 1 is 1.26 bits per heavy atom. The number of rotatable bonds is 2. The van der Waals surface area contributed by atoms with Crippen molar-refractivity contribution in [2.75, 3.05) is 38.1 Å². The smallest absolute Gasteiger partial charge is 0.475 e. The molecule has 2 aliphatic heterocycles. The summed E-state index contributed by atoms with van der Waals surface area (Å²) in [5.74, 6) is -2.65. The van der Waals surface area contributed by atoms with Crippen LogP contribution in [-0.2, 0) is 9.59 Å². The summed E-state index contributed by atoms with van der Waals surface area (Å²) >= 11 is 1.59. The summed E-state index contributed by atoms with van der Waals surface area (Å²) in [7, 11) is 1.98. The SMILES string of the molecule is CN1CC(=O)N(c2ccsc2)CC12CCN(C(=O)c1ccoc1)C2.O=C(O)C(F)(F)F. The van der Waals surface area contributed by atoms with Gasteiger partial charge in [-0.25, -0.2) is 4.79 Å². The molecule has 31 heavy (non-hydrogen) atoms. The van der Waals surface area contributed by atoms with E-state index in [1.807, 2.05) is 33.7 Å². The van der Waals surface area contributed by atoms with Gasteiger partial charge in [-0.2, -0.15) is 24.5 Å². The molecular weight excluding hydrogens is 439 g/mol. The zero-order valence-corrected chi connectivity index (χ0v) is 17.3. The van der Waals surface area contributed by atoms with E-state index in [1.165, 1.54) is 12.5 Å². The lowest BCUT2D eigenvalue weighted by atomic mass is 9.93. The van der Waals surface area contributed by atoms with Crippen molar-refractivity contribution < 1.29 is 37.1 Å². The minimum absolute atomic E-state index is 0.00647. The van der Waals surface area contributed by atoms with Crippen molar-refractivity contribution in [1.29, 1.82) is 0 Å². The standard InChI is InChI=1S/C17H19N3O3S.C2HF3O2/c1-18-8-15(21)20(14-3-7-24-10-14)12-17(18)4-5-19(11-17)16(22)13-2-6-23-9-13;3-2(4,5)1(6)7/h2-3,6-7,9-10H,4-5,8,11-12H2,1H3;(H,6,7). The first-order valence-corrected chi connectivity index (χ1v) is 10.1. The van der Waals surface area contributed by atoms with E-state index in [-0.39, 0.29) is 17.4 Å². The normalized spacial score (nSPS) is 21.9. The van der Waals surface area contributed by atoms with Gasteiger partial charge < -0.3 is 19.3 Å². The summed E-state index contributed by atoms with van der Waals surface area (Å²) in [4.78, 5) is 39.8. The summed E-state index contributed by atoms with van der Waals surface area (Å²) in [5, 5.41) is 11.1. The van der Waals surface area contributed by atoms with Gasteiger partial charge in [-0.1, -0.05) is 0 Å². The Morgan fingerprint density at radius 2 is 1.97 bits per heavy atom. The number of carboxylic acids is 1. The number of piperazine rings is 1. The van der Waals surface area contributed by atoms with Crippen molar-refractivity contribution in [3.05, 3.63) is 41.0 Å². The van der Waals surface area contributed by atoms with Crippen molar-refractivity contribution in [1.82, 2.24) is 9.80 Å². The molecule has 12 heteroatoms. The number of carbonyl (C=O) groups is 3. The largest absolute Gasteiger partial charge is 0.490 e. The second-order valence-corrected chi connectivity index (χ2v) is 8.11. The van der Waals surface area contributed by atoms with Crippen LogP contribution in [0.4, 0.5) is 18.9 Å². The van der Waals surface area contributed by atoms with Gasteiger partial charge in [-0.15, -0.1) is 0 Å². The Bertz CT molecular complexity index is 932. The van der Waals surface area contributed by atoms with Gasteiger partial charge in [-0.05, 0) is 31.0 Å². The van der Waals surface area contributed by atoms with Gasteiger partial charge in [-0.3, -0.25) is 14.5 Å². The van der Waals surface area contributed by atoms with Crippen LogP contribution in [0.5, 0.6) is 0 Å². The van der Waals surface area contributed by atoms with Crippen molar-refractivity contribution >= 4 is 34.8 Å². The molecule has 2 amide bonds. The van der Waals surface area contributed by atoms with Crippen LogP contribution in [0.2, 0.25) is 0 Å². The number of carboxylic acid groups (broad SMARTS) is 1. The topological polar surface area (TPSA) is 94.3 Å². The number of anilines is 1. The molecule has 4 heterocycles. The van der Waals surface area contributed by atoms with E-state index in [4.69, 9.17) is 14.3 Å². The van der Waals surface area contributed by atoms with Crippen LogP contribution in [0.3, 0.4) is 0 Å². The van der Waals surface area contributed by atoms with Crippen LogP contribution in [0, 0.1) is 0 Å². The maximum atomic E-state index is 12.6. The highest BCUT2D eigenvalue weighted by atomic mass is 32.1. The van der Waals surface area contributed by atoms with Gasteiger partial charge >= 0.3 is 12.1 Å². The van der Waals surface area contributed by atoms with Crippen molar-refractivity contribution in [2.45, 2.75) is 18.1 Å². The summed E-state index contributed by atoms with van der Waals surface area (Å²) in [6.07, 6.45) is -1.22. The first kappa shape index (κ1) is 22.8. The minimum atomic E-state index is -5.08. The van der Waals surface area contributed by atoms with E-state index in [1.54, 1.807) is 17.4 Å². The average molecular weight is 459 g/mol. The number of halogens is 3. The van der Waals surface area contributed by atoms with E-state index in [0.29, 0.717) is 31.7 Å². The molecule has 1 unspecified atom stereocenters. The Labute approximate surface area is 179 Å². The highest BCUT2D eigenvalue weighted by molar-refractivity contribution is 7.08. The van der Waals surface area contributed by atoms with Crippen LogP contribution in [-0.4, -0.2) is 77.6 Å². The monoisotopic (exact) mass is 459 g/mol. The molecule has 2 aliphatic rings. The van der Waals surface area contributed by atoms with Crippen LogP contribution < -0.4 is 4.90 Å². The third-order valence-electron chi connectivity index (χ3n) is 5.38. The summed E-state index contributed by atoms with van der Waals surface area (Å²) < 4.78 is 36.8. The Kier molecular flexibility index (Phi) is 6.41. The number of alkyl halides is 3. The lowest BCUT2D eigenvalue weighted by Crippen LogP contribution is -2.64. The molecule has 4 rings (SSSR count). The highest BCUT2D eigenvalue weighted by Gasteiger charge is 2.48. The quantitative estimate of drug-likeness (QED) is 0.742. The number of nitrogens with zero attached hydrogens (tertiary/aromatic N) is 3. The predicted octanol–water partition coefficient (Wildman–Crippen LogP) is 2.54. The summed E-state index contributed by atoms with van der Waals surface area (Å²) in [5.41, 5.74) is 1.35. The van der Waals surface area contributed by atoms with Gasteiger partial charge in [0.15, 0.2) is 0 Å². The van der Waals surface area contributed by atoms with Gasteiger partial charge in [0.25, 0.3) is 5.91 Å². The Balaban J connectivity index is 0.000000339. The number of furan rings is 1. The molecule has 0 saturated carbocycles. The van der Waals surface area contributed by atoms with Crippen molar-refractivity contribution in [3.63, 3.8) is 0 Å². The van der Waals surface area contributed by atoms with Gasteiger partial charge in [0.05, 0.1) is 29.6 Å². The molecule has 168 valence electrons. The molecule has 0 aromatic carbocycles. The molecule has 8 nitrogen and oxygen atoms in total. The second kappa shape index (κ2) is 8.71. The molecule has 0 radical (unpaired) electrons. The van der Waals surface area contributed by atoms with Gasteiger partial charge in [0, 0.05) is 25.0 Å². The fourth-order valence-corrected chi connectivity index (χ4v) is 4.29. The fourth-order valence-electron chi connectivity index (χ4n) is 3.64. The molecule has 1 spiro atoms. The molecule has 2 fully saturated rings. The first-order chi connectivity index (χ1) is 14.5.